The predicted molar refractivity (Wildman–Crippen MR) is 67.4 cm³/mol. The van der Waals surface area contributed by atoms with E-state index in [4.69, 9.17) is 0 Å². The van der Waals surface area contributed by atoms with Crippen molar-refractivity contribution in [3.05, 3.63) is 28.2 Å². The maximum absolute atomic E-state index is 4.47. The smallest absolute Gasteiger partial charge is 0.0900 e. The molecule has 0 aromatic carbocycles. The zero-order valence-electron chi connectivity index (χ0n) is 9.84. The van der Waals surface area contributed by atoms with Crippen molar-refractivity contribution in [3.63, 3.8) is 0 Å². The molecular formula is C12H20N2S. The quantitative estimate of drug-likeness (QED) is 0.749. The molecule has 0 aliphatic rings. The third-order valence-corrected chi connectivity index (χ3v) is 3.49. The van der Waals surface area contributed by atoms with Crippen LogP contribution >= 0.6 is 11.3 Å². The van der Waals surface area contributed by atoms with E-state index in [0.717, 1.165) is 30.1 Å². The molecular weight excluding hydrogens is 204 g/mol. The first-order valence-corrected chi connectivity index (χ1v) is 6.28. The zero-order valence-corrected chi connectivity index (χ0v) is 10.7. The number of nitrogens with one attached hydrogen (secondary N) is 1. The van der Waals surface area contributed by atoms with Gasteiger partial charge in [-0.05, 0) is 33.2 Å². The standard InChI is InChI=1S/C12H20N2S/c1-5-7-11(13-8-6-2)12-9(3)14-10(4)15-12/h5,11,13H,1,6-8H2,2-4H3. The Kier molecular flexibility index (Phi) is 4.99. The zero-order chi connectivity index (χ0) is 11.3. The van der Waals surface area contributed by atoms with Gasteiger partial charge in [-0.25, -0.2) is 4.98 Å². The molecule has 1 heterocycles. The number of thiazole rings is 1. The number of nitrogens with zero attached hydrogens (tertiary/aromatic N) is 1. The number of rotatable bonds is 6. The molecule has 0 amide bonds. The molecule has 0 spiro atoms. The van der Waals surface area contributed by atoms with Crippen LogP contribution in [0, 0.1) is 13.8 Å². The number of aromatic nitrogens is 1. The molecule has 1 aromatic heterocycles. The monoisotopic (exact) mass is 224 g/mol. The van der Waals surface area contributed by atoms with Crippen molar-refractivity contribution in [2.75, 3.05) is 6.54 Å². The van der Waals surface area contributed by atoms with E-state index in [0.29, 0.717) is 6.04 Å². The molecule has 3 heteroatoms. The Hall–Kier alpha value is -0.670. The Morgan fingerprint density at radius 3 is 2.73 bits per heavy atom. The lowest BCUT2D eigenvalue weighted by atomic mass is 10.1. The summed E-state index contributed by atoms with van der Waals surface area (Å²) in [6.07, 6.45) is 4.11. The van der Waals surface area contributed by atoms with Gasteiger partial charge in [-0.15, -0.1) is 17.9 Å². The summed E-state index contributed by atoms with van der Waals surface area (Å²) in [6.45, 7) is 11.2. The highest BCUT2D eigenvalue weighted by Crippen LogP contribution is 2.27. The molecule has 0 fully saturated rings. The third-order valence-electron chi connectivity index (χ3n) is 2.30. The highest BCUT2D eigenvalue weighted by Gasteiger charge is 2.15. The molecule has 0 aliphatic carbocycles. The van der Waals surface area contributed by atoms with Crippen molar-refractivity contribution >= 4 is 11.3 Å². The van der Waals surface area contributed by atoms with Crippen LogP contribution in [0.2, 0.25) is 0 Å². The summed E-state index contributed by atoms with van der Waals surface area (Å²) >= 11 is 1.79. The minimum atomic E-state index is 0.397. The number of aryl methyl sites for hydroxylation is 2. The van der Waals surface area contributed by atoms with E-state index in [9.17, 15) is 0 Å². The average Bonchev–Trinajstić information content (AvgIpc) is 2.52. The normalized spacial score (nSPS) is 12.7. The Morgan fingerprint density at radius 1 is 1.53 bits per heavy atom. The highest BCUT2D eigenvalue weighted by atomic mass is 32.1. The van der Waals surface area contributed by atoms with Gasteiger partial charge in [0, 0.05) is 10.9 Å². The van der Waals surface area contributed by atoms with E-state index < -0.39 is 0 Å². The lowest BCUT2D eigenvalue weighted by Gasteiger charge is -2.15. The van der Waals surface area contributed by atoms with E-state index >= 15 is 0 Å². The highest BCUT2D eigenvalue weighted by molar-refractivity contribution is 7.11. The van der Waals surface area contributed by atoms with Gasteiger partial charge in [0.1, 0.15) is 0 Å². The van der Waals surface area contributed by atoms with Crippen molar-refractivity contribution in [2.45, 2.75) is 39.7 Å². The van der Waals surface area contributed by atoms with Crippen molar-refractivity contribution in [3.8, 4) is 0 Å². The van der Waals surface area contributed by atoms with Gasteiger partial charge >= 0.3 is 0 Å². The molecule has 1 rings (SSSR count). The second-order valence-corrected chi connectivity index (χ2v) is 4.95. The van der Waals surface area contributed by atoms with Gasteiger partial charge in [-0.2, -0.15) is 0 Å². The van der Waals surface area contributed by atoms with Crippen LogP contribution < -0.4 is 5.32 Å². The average molecular weight is 224 g/mol. The Morgan fingerprint density at radius 2 is 2.27 bits per heavy atom. The molecule has 2 nitrogen and oxygen atoms in total. The van der Waals surface area contributed by atoms with Crippen LogP contribution in [0.3, 0.4) is 0 Å². The molecule has 0 radical (unpaired) electrons. The number of hydrogen-bond acceptors (Lipinski definition) is 3. The Labute approximate surface area is 96.4 Å². The van der Waals surface area contributed by atoms with E-state index in [1.807, 2.05) is 6.08 Å². The molecule has 1 N–H and O–H groups in total. The van der Waals surface area contributed by atoms with Gasteiger partial charge in [0.2, 0.25) is 0 Å². The van der Waals surface area contributed by atoms with Crippen molar-refractivity contribution in [1.82, 2.24) is 10.3 Å². The van der Waals surface area contributed by atoms with Gasteiger partial charge in [0.05, 0.1) is 10.7 Å². The third kappa shape index (κ3) is 3.43. The topological polar surface area (TPSA) is 24.9 Å². The minimum absolute atomic E-state index is 0.397. The summed E-state index contributed by atoms with van der Waals surface area (Å²) in [5.41, 5.74) is 1.16. The summed E-state index contributed by atoms with van der Waals surface area (Å²) in [4.78, 5) is 5.83. The van der Waals surface area contributed by atoms with Crippen LogP contribution in [0.4, 0.5) is 0 Å². The molecule has 1 aromatic rings. The van der Waals surface area contributed by atoms with Crippen LogP contribution in [0.1, 0.15) is 41.4 Å². The predicted octanol–water partition coefficient (Wildman–Crippen LogP) is 3.38. The Bertz CT molecular complexity index is 317. The minimum Gasteiger partial charge on any atom is -0.309 e. The fourth-order valence-corrected chi connectivity index (χ4v) is 2.65. The molecule has 0 bridgehead atoms. The Balaban J connectivity index is 2.77. The summed E-state index contributed by atoms with van der Waals surface area (Å²) in [5, 5.41) is 4.69. The van der Waals surface area contributed by atoms with Crippen LogP contribution in [-0.4, -0.2) is 11.5 Å². The first-order chi connectivity index (χ1) is 7.19. The molecule has 1 atom stereocenters. The fraction of sp³-hybridized carbons (Fsp3) is 0.583. The van der Waals surface area contributed by atoms with E-state index in [1.54, 1.807) is 11.3 Å². The summed E-state index contributed by atoms with van der Waals surface area (Å²) < 4.78 is 0. The molecule has 0 saturated heterocycles. The number of hydrogen-bond donors (Lipinski definition) is 1. The molecule has 0 saturated carbocycles. The van der Waals surface area contributed by atoms with E-state index in [1.165, 1.54) is 4.88 Å². The van der Waals surface area contributed by atoms with Crippen LogP contribution in [-0.2, 0) is 0 Å². The second kappa shape index (κ2) is 6.03. The van der Waals surface area contributed by atoms with Gasteiger partial charge < -0.3 is 5.32 Å². The lowest BCUT2D eigenvalue weighted by Crippen LogP contribution is -2.21. The lowest BCUT2D eigenvalue weighted by molar-refractivity contribution is 0.542. The molecule has 84 valence electrons. The van der Waals surface area contributed by atoms with Crippen molar-refractivity contribution in [1.29, 1.82) is 0 Å². The van der Waals surface area contributed by atoms with E-state index in [-0.39, 0.29) is 0 Å². The first kappa shape index (κ1) is 12.4. The molecule has 15 heavy (non-hydrogen) atoms. The van der Waals surface area contributed by atoms with Gasteiger partial charge in [0.25, 0.3) is 0 Å². The van der Waals surface area contributed by atoms with E-state index in [2.05, 4.69) is 37.7 Å². The summed E-state index contributed by atoms with van der Waals surface area (Å²) in [7, 11) is 0. The second-order valence-electron chi connectivity index (χ2n) is 3.71. The van der Waals surface area contributed by atoms with Crippen molar-refractivity contribution < 1.29 is 0 Å². The summed E-state index contributed by atoms with van der Waals surface area (Å²) in [5.74, 6) is 0. The SMILES string of the molecule is C=CCC(NCCC)c1sc(C)nc1C. The first-order valence-electron chi connectivity index (χ1n) is 5.47. The summed E-state index contributed by atoms with van der Waals surface area (Å²) in [6, 6.07) is 0.397. The van der Waals surface area contributed by atoms with Gasteiger partial charge in [0.15, 0.2) is 0 Å². The van der Waals surface area contributed by atoms with Gasteiger partial charge in [-0.1, -0.05) is 13.0 Å². The largest absolute Gasteiger partial charge is 0.309 e. The molecule has 1 unspecified atom stereocenters. The van der Waals surface area contributed by atoms with Crippen LogP contribution in [0.5, 0.6) is 0 Å². The maximum Gasteiger partial charge on any atom is 0.0900 e. The van der Waals surface area contributed by atoms with Crippen LogP contribution in [0.15, 0.2) is 12.7 Å². The van der Waals surface area contributed by atoms with Crippen molar-refractivity contribution in [2.24, 2.45) is 0 Å². The van der Waals surface area contributed by atoms with Gasteiger partial charge in [-0.3, -0.25) is 0 Å². The maximum atomic E-state index is 4.47. The molecule has 0 aliphatic heterocycles. The van der Waals surface area contributed by atoms with Crippen LogP contribution in [0.25, 0.3) is 0 Å². The fourth-order valence-electron chi connectivity index (χ4n) is 1.64.